The van der Waals surface area contributed by atoms with Crippen molar-refractivity contribution >= 4 is 98.0 Å². The van der Waals surface area contributed by atoms with Gasteiger partial charge in [0.05, 0.1) is 27.7 Å². The predicted molar refractivity (Wildman–Crippen MR) is 258 cm³/mol. The molecule has 292 valence electrons. The largest absolute Gasteiger partial charge is 0.456 e. The highest BCUT2D eigenvalue weighted by molar-refractivity contribution is 6.20. The summed E-state index contributed by atoms with van der Waals surface area (Å²) in [4.78, 5) is 15.8. The Bertz CT molecular complexity index is 4130. The first-order valence-corrected chi connectivity index (χ1v) is 21.2. The summed E-state index contributed by atoms with van der Waals surface area (Å²) in [5.74, 6) is 1.63. The molecular weight excluding hydrogens is 773 g/mol. The van der Waals surface area contributed by atoms with Gasteiger partial charge in [-0.2, -0.15) is 0 Å². The number of fused-ring (bicyclic) bond motifs is 12. The van der Waals surface area contributed by atoms with Gasteiger partial charge in [0, 0.05) is 38.1 Å². The van der Waals surface area contributed by atoms with E-state index in [-0.39, 0.29) is 0 Å². The van der Waals surface area contributed by atoms with Crippen molar-refractivity contribution in [2.75, 3.05) is 0 Å². The third-order valence-electron chi connectivity index (χ3n) is 12.8. The van der Waals surface area contributed by atoms with Gasteiger partial charge in [0.15, 0.2) is 17.5 Å². The van der Waals surface area contributed by atoms with Crippen LogP contribution in [0.25, 0.3) is 138 Å². The lowest BCUT2D eigenvalue weighted by Gasteiger charge is -2.13. The summed E-state index contributed by atoms with van der Waals surface area (Å²) >= 11 is 0. The second-order valence-electron chi connectivity index (χ2n) is 16.3. The van der Waals surface area contributed by atoms with Crippen molar-refractivity contribution in [1.29, 1.82) is 0 Å². The van der Waals surface area contributed by atoms with Crippen LogP contribution in [0.1, 0.15) is 0 Å². The summed E-state index contributed by atoms with van der Waals surface area (Å²) < 4.78 is 15.7. The van der Waals surface area contributed by atoms with E-state index >= 15 is 0 Å². The summed E-state index contributed by atoms with van der Waals surface area (Å²) in [6, 6.07) is 68.1. The van der Waals surface area contributed by atoms with Gasteiger partial charge in [0.25, 0.3) is 0 Å². The van der Waals surface area contributed by atoms with E-state index in [1.165, 1.54) is 32.3 Å². The Balaban J connectivity index is 1.06. The molecule has 0 bridgehead atoms. The molecule has 0 fully saturated rings. The van der Waals surface area contributed by atoms with Crippen molar-refractivity contribution in [1.82, 2.24) is 19.5 Å². The SMILES string of the molecule is c1ccc2cc3c(cc2c1)c1cc2ccccc2cc1n3-c1ccc(-c2nc(-c3ccc4c(c3)oc3ccccc34)nc(-c3cccc4ccccc34)n2)c2oc3ccccc3c12. The first-order valence-electron chi connectivity index (χ1n) is 21.2. The smallest absolute Gasteiger partial charge is 0.167 e. The lowest BCUT2D eigenvalue weighted by atomic mass is 10.0. The molecule has 6 nitrogen and oxygen atoms in total. The van der Waals surface area contributed by atoms with Crippen LogP contribution in [-0.4, -0.2) is 19.5 Å². The average molecular weight is 805 g/mol. The first kappa shape index (κ1) is 34.1. The molecule has 0 N–H and O–H groups in total. The molecule has 14 rings (SSSR count). The van der Waals surface area contributed by atoms with Crippen LogP contribution in [0.2, 0.25) is 0 Å². The number of hydrogen-bond acceptors (Lipinski definition) is 5. The van der Waals surface area contributed by atoms with Crippen LogP contribution in [0.4, 0.5) is 0 Å². The van der Waals surface area contributed by atoms with E-state index in [4.69, 9.17) is 23.8 Å². The maximum absolute atomic E-state index is 6.97. The van der Waals surface area contributed by atoms with E-state index in [1.807, 2.05) is 36.4 Å². The number of rotatable bonds is 4. The van der Waals surface area contributed by atoms with Crippen molar-refractivity contribution in [2.45, 2.75) is 0 Å². The van der Waals surface area contributed by atoms with Crippen molar-refractivity contribution < 1.29 is 8.83 Å². The Hall–Kier alpha value is -8.61. The van der Waals surface area contributed by atoms with Crippen molar-refractivity contribution in [3.63, 3.8) is 0 Å². The third-order valence-corrected chi connectivity index (χ3v) is 12.8. The quantitative estimate of drug-likeness (QED) is 0.177. The Morgan fingerprint density at radius 1 is 0.333 bits per heavy atom. The zero-order valence-electron chi connectivity index (χ0n) is 33.6. The van der Waals surface area contributed by atoms with E-state index < -0.39 is 0 Å². The Morgan fingerprint density at radius 2 is 0.873 bits per heavy atom. The van der Waals surface area contributed by atoms with Gasteiger partial charge in [-0.05, 0) is 93.0 Å². The number of nitrogens with zero attached hydrogens (tertiary/aromatic N) is 4. The lowest BCUT2D eigenvalue weighted by Crippen LogP contribution is -2.01. The highest BCUT2D eigenvalue weighted by Gasteiger charge is 2.24. The molecule has 0 radical (unpaired) electrons. The predicted octanol–water partition coefficient (Wildman–Crippen LogP) is 15.2. The van der Waals surface area contributed by atoms with Crippen LogP contribution in [0.3, 0.4) is 0 Å². The van der Waals surface area contributed by atoms with Gasteiger partial charge in [0.2, 0.25) is 0 Å². The number of hydrogen-bond donors (Lipinski definition) is 0. The number of aromatic nitrogens is 4. The first-order chi connectivity index (χ1) is 31.2. The van der Waals surface area contributed by atoms with Gasteiger partial charge in [0.1, 0.15) is 22.3 Å². The zero-order valence-corrected chi connectivity index (χ0v) is 33.6. The van der Waals surface area contributed by atoms with E-state index in [9.17, 15) is 0 Å². The molecule has 0 aliphatic rings. The summed E-state index contributed by atoms with van der Waals surface area (Å²) in [5, 5.41) is 13.5. The molecule has 10 aromatic carbocycles. The van der Waals surface area contributed by atoms with Gasteiger partial charge >= 0.3 is 0 Å². The van der Waals surface area contributed by atoms with Crippen LogP contribution >= 0.6 is 0 Å². The van der Waals surface area contributed by atoms with E-state index in [2.05, 4.69) is 162 Å². The molecule has 4 aromatic heterocycles. The van der Waals surface area contributed by atoms with Crippen LogP contribution < -0.4 is 0 Å². The number of para-hydroxylation sites is 2. The van der Waals surface area contributed by atoms with Crippen molar-refractivity contribution in [3.05, 3.63) is 194 Å². The fourth-order valence-corrected chi connectivity index (χ4v) is 9.85. The Kier molecular flexibility index (Phi) is 7.02. The molecule has 0 aliphatic carbocycles. The van der Waals surface area contributed by atoms with Gasteiger partial charge in [-0.1, -0.05) is 133 Å². The van der Waals surface area contributed by atoms with E-state index in [0.29, 0.717) is 23.1 Å². The molecule has 0 spiro atoms. The molecule has 4 heterocycles. The minimum absolute atomic E-state index is 0.516. The summed E-state index contributed by atoms with van der Waals surface area (Å²) in [5.41, 5.74) is 8.90. The normalized spacial score (nSPS) is 12.1. The molecule has 14 aromatic rings. The molecular formula is C57H32N4O2. The second-order valence-corrected chi connectivity index (χ2v) is 16.3. The minimum atomic E-state index is 0.516. The Morgan fingerprint density at radius 3 is 1.59 bits per heavy atom. The molecule has 6 heteroatoms. The zero-order chi connectivity index (χ0) is 41.2. The average Bonchev–Trinajstić information content (AvgIpc) is 4.01. The summed E-state index contributed by atoms with van der Waals surface area (Å²) in [7, 11) is 0. The summed E-state index contributed by atoms with van der Waals surface area (Å²) in [6.45, 7) is 0. The standard InChI is InChI=1S/C57H32N4O2/c1-3-15-36-30-48-45(28-34(36)13-1)46-29-35-14-2-4-16-37(35)31-49(46)61(48)47-27-26-44(54-53(47)43-20-8-10-23-51(43)63-54)57-59-55(38-24-25-41-40-19-7-9-22-50(40)62-52(41)32-38)58-56(60-57)42-21-11-17-33-12-5-6-18-39(33)42/h1-32H. The topological polar surface area (TPSA) is 69.9 Å². The van der Waals surface area contributed by atoms with E-state index in [1.54, 1.807) is 0 Å². The highest BCUT2D eigenvalue weighted by atomic mass is 16.3. The third kappa shape index (κ3) is 5.09. The molecule has 0 unspecified atom stereocenters. The van der Waals surface area contributed by atoms with Gasteiger partial charge in [-0.3, -0.25) is 0 Å². The van der Waals surface area contributed by atoms with Gasteiger partial charge in [-0.15, -0.1) is 0 Å². The van der Waals surface area contributed by atoms with Gasteiger partial charge < -0.3 is 13.4 Å². The van der Waals surface area contributed by atoms with Crippen LogP contribution in [0.15, 0.2) is 203 Å². The lowest BCUT2D eigenvalue weighted by molar-refractivity contribution is 0.668. The maximum atomic E-state index is 6.97. The monoisotopic (exact) mass is 804 g/mol. The van der Waals surface area contributed by atoms with Crippen LogP contribution in [-0.2, 0) is 0 Å². The van der Waals surface area contributed by atoms with Crippen molar-refractivity contribution in [2.24, 2.45) is 0 Å². The second kappa shape index (κ2) is 12.9. The molecule has 0 saturated heterocycles. The molecule has 0 amide bonds. The Labute approximate surface area is 358 Å². The molecule has 0 aliphatic heterocycles. The molecule has 63 heavy (non-hydrogen) atoms. The fraction of sp³-hybridized carbons (Fsp3) is 0. The molecule has 0 atom stereocenters. The van der Waals surface area contributed by atoms with Gasteiger partial charge in [-0.25, -0.2) is 15.0 Å². The minimum Gasteiger partial charge on any atom is -0.456 e. The summed E-state index contributed by atoms with van der Waals surface area (Å²) in [6.07, 6.45) is 0. The maximum Gasteiger partial charge on any atom is 0.167 e. The van der Waals surface area contributed by atoms with Crippen LogP contribution in [0.5, 0.6) is 0 Å². The number of furan rings is 2. The number of benzene rings is 10. The van der Waals surface area contributed by atoms with Crippen molar-refractivity contribution in [3.8, 4) is 39.9 Å². The molecule has 0 saturated carbocycles. The van der Waals surface area contributed by atoms with E-state index in [0.717, 1.165) is 82.5 Å². The highest BCUT2D eigenvalue weighted by Crippen LogP contribution is 2.44. The fourth-order valence-electron chi connectivity index (χ4n) is 9.85. The van der Waals surface area contributed by atoms with Crippen LogP contribution in [0, 0.1) is 0 Å².